The van der Waals surface area contributed by atoms with Crippen LogP contribution in [0.4, 0.5) is 5.69 Å². The second-order valence-electron chi connectivity index (χ2n) is 2.92. The Bertz CT molecular complexity index is 540. The summed E-state index contributed by atoms with van der Waals surface area (Å²) in [7, 11) is 0. The molecule has 1 aromatic carbocycles. The zero-order valence-electron chi connectivity index (χ0n) is 7.74. The number of benzene rings is 1. The van der Waals surface area contributed by atoms with E-state index in [0.29, 0.717) is 0 Å². The number of nitrogens with zero attached hydrogens (tertiary/aromatic N) is 4. The van der Waals surface area contributed by atoms with Gasteiger partial charge in [0.25, 0.3) is 5.69 Å². The highest BCUT2D eigenvalue weighted by Gasteiger charge is 2.16. The SMILES string of the molecule is O=[N+]([O-])c1cc(Cl)c(O)c(-n2cnnc2)c1. The summed E-state index contributed by atoms with van der Waals surface area (Å²) in [6.45, 7) is 0. The first kappa shape index (κ1) is 10.4. The number of halogens is 1. The van der Waals surface area contributed by atoms with Crippen molar-refractivity contribution in [2.75, 3.05) is 0 Å². The van der Waals surface area contributed by atoms with Crippen molar-refractivity contribution in [2.45, 2.75) is 0 Å². The van der Waals surface area contributed by atoms with Crippen LogP contribution in [0.1, 0.15) is 0 Å². The Labute approximate surface area is 94.1 Å². The number of hydrogen-bond acceptors (Lipinski definition) is 5. The van der Waals surface area contributed by atoms with Gasteiger partial charge >= 0.3 is 0 Å². The molecule has 0 aliphatic rings. The lowest BCUT2D eigenvalue weighted by molar-refractivity contribution is -0.384. The highest BCUT2D eigenvalue weighted by Crippen LogP contribution is 2.34. The molecule has 0 radical (unpaired) electrons. The summed E-state index contributed by atoms with van der Waals surface area (Å²) in [5, 5.41) is 27.2. The van der Waals surface area contributed by atoms with Crippen molar-refractivity contribution >= 4 is 17.3 Å². The minimum atomic E-state index is -0.598. The maximum atomic E-state index is 10.6. The van der Waals surface area contributed by atoms with Gasteiger partial charge in [0, 0.05) is 12.1 Å². The van der Waals surface area contributed by atoms with Crippen molar-refractivity contribution in [1.29, 1.82) is 0 Å². The summed E-state index contributed by atoms with van der Waals surface area (Å²) >= 11 is 5.67. The van der Waals surface area contributed by atoms with Gasteiger partial charge in [-0.05, 0) is 0 Å². The van der Waals surface area contributed by atoms with E-state index in [4.69, 9.17) is 11.6 Å². The number of phenols is 1. The molecular weight excluding hydrogens is 236 g/mol. The molecule has 0 unspecified atom stereocenters. The van der Waals surface area contributed by atoms with Gasteiger partial charge in [-0.2, -0.15) is 0 Å². The second kappa shape index (κ2) is 3.78. The number of aromatic nitrogens is 3. The maximum absolute atomic E-state index is 10.6. The fourth-order valence-corrected chi connectivity index (χ4v) is 1.41. The smallest absolute Gasteiger partial charge is 0.273 e. The number of phenolic OH excluding ortho intramolecular Hbond substituents is 1. The summed E-state index contributed by atoms with van der Waals surface area (Å²) in [4.78, 5) is 10.0. The van der Waals surface area contributed by atoms with Gasteiger partial charge in [0.15, 0.2) is 5.75 Å². The lowest BCUT2D eigenvalue weighted by Crippen LogP contribution is -1.95. The maximum Gasteiger partial charge on any atom is 0.273 e. The average molecular weight is 241 g/mol. The first-order valence-corrected chi connectivity index (χ1v) is 4.49. The summed E-state index contributed by atoms with van der Waals surface area (Å²) < 4.78 is 1.33. The van der Waals surface area contributed by atoms with Crippen LogP contribution in [0.2, 0.25) is 5.02 Å². The minimum Gasteiger partial charge on any atom is -0.504 e. The average Bonchev–Trinajstić information content (AvgIpc) is 2.74. The molecule has 1 heterocycles. The molecule has 0 bridgehead atoms. The van der Waals surface area contributed by atoms with E-state index in [1.807, 2.05) is 0 Å². The topological polar surface area (TPSA) is 94.1 Å². The van der Waals surface area contributed by atoms with Crippen molar-refractivity contribution in [3.8, 4) is 11.4 Å². The number of nitro benzene ring substituents is 1. The molecule has 0 fully saturated rings. The van der Waals surface area contributed by atoms with Gasteiger partial charge in [-0.15, -0.1) is 10.2 Å². The Morgan fingerprint density at radius 3 is 2.56 bits per heavy atom. The molecule has 0 amide bonds. The van der Waals surface area contributed by atoms with Gasteiger partial charge < -0.3 is 5.11 Å². The number of rotatable bonds is 2. The third-order valence-corrected chi connectivity index (χ3v) is 2.22. The number of aromatic hydroxyl groups is 1. The summed E-state index contributed by atoms with van der Waals surface area (Å²) in [5.41, 5.74) is -0.0595. The predicted octanol–water partition coefficient (Wildman–Crippen LogP) is 1.53. The van der Waals surface area contributed by atoms with Gasteiger partial charge in [0.05, 0.1) is 15.6 Å². The van der Waals surface area contributed by atoms with E-state index in [1.165, 1.54) is 23.3 Å². The molecular formula is C8H5ClN4O3. The molecule has 7 nitrogen and oxygen atoms in total. The largest absolute Gasteiger partial charge is 0.504 e. The molecule has 0 aliphatic heterocycles. The molecule has 8 heteroatoms. The van der Waals surface area contributed by atoms with Gasteiger partial charge in [-0.1, -0.05) is 11.6 Å². The lowest BCUT2D eigenvalue weighted by Gasteiger charge is -2.05. The van der Waals surface area contributed by atoms with Gasteiger partial charge in [-0.25, -0.2) is 0 Å². The molecule has 0 saturated carbocycles. The quantitative estimate of drug-likeness (QED) is 0.635. The second-order valence-corrected chi connectivity index (χ2v) is 3.33. The fraction of sp³-hybridized carbons (Fsp3) is 0. The fourth-order valence-electron chi connectivity index (χ4n) is 1.20. The third kappa shape index (κ3) is 1.68. The summed E-state index contributed by atoms with van der Waals surface area (Å²) in [5.74, 6) is -0.257. The van der Waals surface area contributed by atoms with Crippen LogP contribution in [-0.2, 0) is 0 Å². The Balaban J connectivity index is 2.65. The Morgan fingerprint density at radius 2 is 2.00 bits per heavy atom. The van der Waals surface area contributed by atoms with Crippen LogP contribution in [-0.4, -0.2) is 24.8 Å². The van der Waals surface area contributed by atoms with Crippen molar-refractivity contribution in [1.82, 2.24) is 14.8 Å². The monoisotopic (exact) mass is 240 g/mol. The predicted molar refractivity (Wildman–Crippen MR) is 54.7 cm³/mol. The zero-order valence-corrected chi connectivity index (χ0v) is 8.50. The Morgan fingerprint density at radius 1 is 1.38 bits per heavy atom. The van der Waals surface area contributed by atoms with E-state index in [0.717, 1.165) is 6.07 Å². The van der Waals surface area contributed by atoms with Crippen LogP contribution >= 0.6 is 11.6 Å². The molecule has 0 spiro atoms. The van der Waals surface area contributed by atoms with E-state index in [9.17, 15) is 15.2 Å². The van der Waals surface area contributed by atoms with Crippen LogP contribution in [0, 0.1) is 10.1 Å². The Hall–Kier alpha value is -2.15. The van der Waals surface area contributed by atoms with Gasteiger partial charge in [-0.3, -0.25) is 14.7 Å². The highest BCUT2D eigenvalue weighted by molar-refractivity contribution is 6.32. The first-order chi connectivity index (χ1) is 7.59. The van der Waals surface area contributed by atoms with E-state index in [1.54, 1.807) is 0 Å². The molecule has 1 aromatic heterocycles. The highest BCUT2D eigenvalue weighted by atomic mass is 35.5. The van der Waals surface area contributed by atoms with Crippen LogP contribution in [0.5, 0.6) is 5.75 Å². The van der Waals surface area contributed by atoms with E-state index in [2.05, 4.69) is 10.2 Å². The number of nitro groups is 1. The zero-order chi connectivity index (χ0) is 11.7. The molecule has 0 atom stereocenters. The van der Waals surface area contributed by atoms with Crippen molar-refractivity contribution in [2.24, 2.45) is 0 Å². The van der Waals surface area contributed by atoms with Crippen molar-refractivity contribution in [3.05, 3.63) is 39.9 Å². The molecule has 2 aromatic rings. The molecule has 82 valence electrons. The van der Waals surface area contributed by atoms with E-state index < -0.39 is 4.92 Å². The molecule has 16 heavy (non-hydrogen) atoms. The van der Waals surface area contributed by atoms with Crippen LogP contribution in [0.25, 0.3) is 5.69 Å². The normalized spacial score (nSPS) is 10.3. The van der Waals surface area contributed by atoms with Gasteiger partial charge in [0.2, 0.25) is 0 Å². The van der Waals surface area contributed by atoms with Crippen LogP contribution in [0.15, 0.2) is 24.8 Å². The Kier molecular flexibility index (Phi) is 2.45. The minimum absolute atomic E-state index is 0.0992. The number of non-ortho nitro benzene ring substituents is 1. The van der Waals surface area contributed by atoms with Gasteiger partial charge in [0.1, 0.15) is 12.7 Å². The van der Waals surface area contributed by atoms with E-state index >= 15 is 0 Å². The van der Waals surface area contributed by atoms with Crippen molar-refractivity contribution in [3.63, 3.8) is 0 Å². The third-order valence-electron chi connectivity index (χ3n) is 1.94. The summed E-state index contributed by atoms with van der Waals surface area (Å²) in [6, 6.07) is 2.26. The standard InChI is InChI=1S/C8H5ClN4O3/c9-6-1-5(13(15)16)2-7(8(6)14)12-3-10-11-4-12/h1-4,14H. The van der Waals surface area contributed by atoms with Crippen LogP contribution in [0.3, 0.4) is 0 Å². The molecule has 0 saturated heterocycles. The summed E-state index contributed by atoms with van der Waals surface area (Å²) in [6.07, 6.45) is 2.60. The number of hydrogen-bond donors (Lipinski definition) is 1. The van der Waals surface area contributed by atoms with E-state index in [-0.39, 0.29) is 22.1 Å². The molecule has 0 aliphatic carbocycles. The first-order valence-electron chi connectivity index (χ1n) is 4.11. The van der Waals surface area contributed by atoms with Crippen molar-refractivity contribution < 1.29 is 10.0 Å². The van der Waals surface area contributed by atoms with Crippen LogP contribution < -0.4 is 0 Å². The molecule has 2 rings (SSSR count). The molecule has 1 N–H and O–H groups in total. The lowest BCUT2D eigenvalue weighted by atomic mass is 10.2.